The molecular weight excluding hydrogens is 248 g/mol. The summed E-state index contributed by atoms with van der Waals surface area (Å²) >= 11 is 5.96. The molecule has 0 fully saturated rings. The third-order valence-electron chi connectivity index (χ3n) is 2.50. The number of aryl methyl sites for hydroxylation is 2. The normalized spacial score (nSPS) is 9.89. The number of halogens is 1. The van der Waals surface area contributed by atoms with Crippen molar-refractivity contribution in [3.05, 3.63) is 52.2 Å². The van der Waals surface area contributed by atoms with Gasteiger partial charge in [0.25, 0.3) is 0 Å². The van der Waals surface area contributed by atoms with Crippen molar-refractivity contribution >= 4 is 11.6 Å². The summed E-state index contributed by atoms with van der Waals surface area (Å²) in [5.41, 5.74) is 2.39. The Labute approximate surface area is 111 Å². The number of ether oxygens (including phenoxy) is 1. The predicted octanol–water partition coefficient (Wildman–Crippen LogP) is 4.02. The molecule has 2 aromatic rings. The summed E-state index contributed by atoms with van der Waals surface area (Å²) in [5.74, 6) is 1.13. The smallest absolute Gasteiger partial charge is 0.220 e. The molecular formula is C14H11ClN2O. The van der Waals surface area contributed by atoms with Gasteiger partial charge in [0, 0.05) is 17.3 Å². The van der Waals surface area contributed by atoms with Gasteiger partial charge >= 0.3 is 0 Å². The summed E-state index contributed by atoms with van der Waals surface area (Å²) in [6.45, 7) is 3.84. The Hall–Kier alpha value is -2.05. The highest BCUT2D eigenvalue weighted by Crippen LogP contribution is 2.30. The van der Waals surface area contributed by atoms with E-state index in [-0.39, 0.29) is 0 Å². The van der Waals surface area contributed by atoms with E-state index < -0.39 is 0 Å². The van der Waals surface area contributed by atoms with E-state index in [0.717, 1.165) is 16.9 Å². The fourth-order valence-corrected chi connectivity index (χ4v) is 2.03. The molecule has 0 aliphatic heterocycles. The summed E-state index contributed by atoms with van der Waals surface area (Å²) in [7, 11) is 0. The third-order valence-corrected chi connectivity index (χ3v) is 2.71. The van der Waals surface area contributed by atoms with Crippen LogP contribution in [0.15, 0.2) is 30.5 Å². The molecule has 0 saturated carbocycles. The van der Waals surface area contributed by atoms with Crippen molar-refractivity contribution in [3.8, 4) is 17.7 Å². The Morgan fingerprint density at radius 3 is 2.50 bits per heavy atom. The van der Waals surface area contributed by atoms with Crippen molar-refractivity contribution in [2.24, 2.45) is 0 Å². The highest BCUT2D eigenvalue weighted by molar-refractivity contribution is 6.30. The van der Waals surface area contributed by atoms with E-state index in [1.165, 1.54) is 0 Å². The maximum atomic E-state index is 8.82. The molecule has 2 rings (SSSR count). The highest BCUT2D eigenvalue weighted by Gasteiger charge is 2.08. The number of aromatic nitrogens is 1. The minimum Gasteiger partial charge on any atom is -0.438 e. The minimum absolute atomic E-state index is 0.405. The maximum Gasteiger partial charge on any atom is 0.220 e. The Morgan fingerprint density at radius 2 is 1.89 bits per heavy atom. The Morgan fingerprint density at radius 1 is 1.22 bits per heavy atom. The molecule has 0 aliphatic carbocycles. The van der Waals surface area contributed by atoms with Crippen LogP contribution in [0.3, 0.4) is 0 Å². The fraction of sp³-hybridized carbons (Fsp3) is 0.143. The number of pyridine rings is 1. The number of hydrogen-bond donors (Lipinski definition) is 0. The molecule has 0 saturated heterocycles. The van der Waals surface area contributed by atoms with Gasteiger partial charge in [0.2, 0.25) is 5.88 Å². The number of benzene rings is 1. The van der Waals surface area contributed by atoms with Crippen LogP contribution in [0.25, 0.3) is 0 Å². The van der Waals surface area contributed by atoms with Crippen molar-refractivity contribution in [1.29, 1.82) is 5.26 Å². The molecule has 0 unspecified atom stereocenters. The molecule has 4 heteroatoms. The zero-order valence-corrected chi connectivity index (χ0v) is 10.8. The molecule has 3 nitrogen and oxygen atoms in total. The monoisotopic (exact) mass is 258 g/mol. The van der Waals surface area contributed by atoms with E-state index in [0.29, 0.717) is 16.5 Å². The van der Waals surface area contributed by atoms with Crippen molar-refractivity contribution in [2.75, 3.05) is 0 Å². The van der Waals surface area contributed by atoms with Crippen molar-refractivity contribution in [1.82, 2.24) is 4.98 Å². The fourth-order valence-electron chi connectivity index (χ4n) is 1.70. The quantitative estimate of drug-likeness (QED) is 0.817. The van der Waals surface area contributed by atoms with Gasteiger partial charge in [0.05, 0.1) is 11.6 Å². The van der Waals surface area contributed by atoms with Crippen LogP contribution in [0.4, 0.5) is 0 Å². The van der Waals surface area contributed by atoms with Gasteiger partial charge in [-0.05, 0) is 43.2 Å². The zero-order valence-electron chi connectivity index (χ0n) is 10.1. The largest absolute Gasteiger partial charge is 0.438 e. The molecule has 0 aliphatic rings. The van der Waals surface area contributed by atoms with Crippen LogP contribution in [-0.4, -0.2) is 4.98 Å². The lowest BCUT2D eigenvalue weighted by Crippen LogP contribution is -1.93. The summed E-state index contributed by atoms with van der Waals surface area (Å²) in [6, 6.07) is 8.95. The summed E-state index contributed by atoms with van der Waals surface area (Å²) < 4.78 is 5.72. The lowest BCUT2D eigenvalue weighted by atomic mass is 10.1. The summed E-state index contributed by atoms with van der Waals surface area (Å²) in [5, 5.41) is 9.50. The van der Waals surface area contributed by atoms with Gasteiger partial charge in [-0.15, -0.1) is 0 Å². The number of nitrogens with zero attached hydrogens (tertiary/aromatic N) is 2. The van der Waals surface area contributed by atoms with E-state index in [1.54, 1.807) is 18.3 Å². The molecule has 0 N–H and O–H groups in total. The van der Waals surface area contributed by atoms with E-state index in [4.69, 9.17) is 21.6 Å². The van der Waals surface area contributed by atoms with Crippen LogP contribution < -0.4 is 4.74 Å². The molecule has 0 amide bonds. The van der Waals surface area contributed by atoms with Crippen LogP contribution >= 0.6 is 11.6 Å². The van der Waals surface area contributed by atoms with E-state index in [1.807, 2.05) is 26.0 Å². The second-order valence-corrected chi connectivity index (χ2v) is 4.40. The zero-order chi connectivity index (χ0) is 13.1. The van der Waals surface area contributed by atoms with Gasteiger partial charge in [0.15, 0.2) is 0 Å². The topological polar surface area (TPSA) is 45.9 Å². The molecule has 0 atom stereocenters. The first-order chi connectivity index (χ1) is 8.60. The van der Waals surface area contributed by atoms with Crippen LogP contribution in [0.5, 0.6) is 11.6 Å². The van der Waals surface area contributed by atoms with Gasteiger partial charge < -0.3 is 4.74 Å². The van der Waals surface area contributed by atoms with E-state index in [2.05, 4.69) is 11.1 Å². The summed E-state index contributed by atoms with van der Waals surface area (Å²) in [4.78, 5) is 4.08. The number of hydrogen-bond acceptors (Lipinski definition) is 3. The minimum atomic E-state index is 0.405. The lowest BCUT2D eigenvalue weighted by Gasteiger charge is -2.11. The van der Waals surface area contributed by atoms with E-state index >= 15 is 0 Å². The molecule has 0 bridgehead atoms. The number of rotatable bonds is 2. The van der Waals surface area contributed by atoms with Crippen molar-refractivity contribution < 1.29 is 4.74 Å². The van der Waals surface area contributed by atoms with Crippen LogP contribution in [0.2, 0.25) is 5.02 Å². The molecule has 1 aromatic heterocycles. The average molecular weight is 259 g/mol. The Bertz CT molecular complexity index is 609. The predicted molar refractivity (Wildman–Crippen MR) is 70.0 cm³/mol. The molecule has 18 heavy (non-hydrogen) atoms. The second kappa shape index (κ2) is 5.07. The van der Waals surface area contributed by atoms with E-state index in [9.17, 15) is 0 Å². The summed E-state index contributed by atoms with van der Waals surface area (Å²) in [6.07, 6.45) is 1.55. The van der Waals surface area contributed by atoms with Crippen LogP contribution in [0.1, 0.15) is 16.7 Å². The first-order valence-electron chi connectivity index (χ1n) is 5.41. The first-order valence-corrected chi connectivity index (χ1v) is 5.78. The van der Waals surface area contributed by atoms with Gasteiger partial charge in [-0.2, -0.15) is 5.26 Å². The molecule has 90 valence electrons. The van der Waals surface area contributed by atoms with Gasteiger partial charge in [-0.3, -0.25) is 0 Å². The first kappa shape index (κ1) is 12.4. The molecule has 1 aromatic carbocycles. The van der Waals surface area contributed by atoms with Gasteiger partial charge in [-0.1, -0.05) is 11.6 Å². The number of nitriles is 1. The lowest BCUT2D eigenvalue weighted by molar-refractivity contribution is 0.456. The highest BCUT2D eigenvalue weighted by atomic mass is 35.5. The van der Waals surface area contributed by atoms with Gasteiger partial charge in [0.1, 0.15) is 5.75 Å². The molecule has 1 heterocycles. The standard InChI is InChI=1S/C14H11ClN2O/c1-9-5-12(15)6-10(2)14(9)18-13-7-11(8-16)3-4-17-13/h3-7H,1-2H3. The Balaban J connectivity index is 2.37. The van der Waals surface area contributed by atoms with Crippen LogP contribution in [-0.2, 0) is 0 Å². The van der Waals surface area contributed by atoms with Crippen molar-refractivity contribution in [2.45, 2.75) is 13.8 Å². The maximum absolute atomic E-state index is 8.82. The molecule has 0 spiro atoms. The van der Waals surface area contributed by atoms with Gasteiger partial charge in [-0.25, -0.2) is 4.98 Å². The molecule has 0 radical (unpaired) electrons. The average Bonchev–Trinajstić information content (AvgIpc) is 2.34. The second-order valence-electron chi connectivity index (χ2n) is 3.97. The third kappa shape index (κ3) is 2.61. The Kier molecular flexibility index (Phi) is 3.50. The SMILES string of the molecule is Cc1cc(Cl)cc(C)c1Oc1cc(C#N)ccn1. The van der Waals surface area contributed by atoms with Crippen molar-refractivity contribution in [3.63, 3.8) is 0 Å². The van der Waals surface area contributed by atoms with Crippen LogP contribution in [0, 0.1) is 25.2 Å².